The molecule has 2 aromatic carbocycles. The lowest BCUT2D eigenvalue weighted by Crippen LogP contribution is -2.49. The van der Waals surface area contributed by atoms with Gasteiger partial charge in [0.15, 0.2) is 0 Å². The summed E-state index contributed by atoms with van der Waals surface area (Å²) in [6.07, 6.45) is 3.80. The number of benzene rings is 2. The van der Waals surface area contributed by atoms with E-state index in [1.54, 1.807) is 12.1 Å². The van der Waals surface area contributed by atoms with E-state index in [4.69, 9.17) is 4.74 Å². The van der Waals surface area contributed by atoms with Crippen LogP contribution in [0.1, 0.15) is 49.8 Å². The summed E-state index contributed by atoms with van der Waals surface area (Å²) in [5, 5.41) is 0.582. The first-order chi connectivity index (χ1) is 13.8. The quantitative estimate of drug-likeness (QED) is 0.535. The van der Waals surface area contributed by atoms with E-state index < -0.39 is 0 Å². The van der Waals surface area contributed by atoms with Gasteiger partial charge in [0.05, 0.1) is 0 Å². The number of likely N-dealkylation sites (tertiary alicyclic amines) is 1. The number of thioether (sulfide) groups is 1. The fraction of sp³-hybridized carbons (Fsp3) is 0.440. The third-order valence-electron chi connectivity index (χ3n) is 6.13. The van der Waals surface area contributed by atoms with Gasteiger partial charge < -0.3 is 9.64 Å². The average molecular weight is 412 g/mol. The Bertz CT molecular complexity index is 915. The molecule has 0 radical (unpaired) electrons. The molecule has 0 unspecified atom stereocenters. The van der Waals surface area contributed by atoms with Crippen LogP contribution in [-0.2, 0) is 6.42 Å². The highest BCUT2D eigenvalue weighted by atomic mass is 32.2. The van der Waals surface area contributed by atoms with E-state index in [-0.39, 0.29) is 11.4 Å². The van der Waals surface area contributed by atoms with E-state index in [0.29, 0.717) is 5.25 Å². The van der Waals surface area contributed by atoms with Gasteiger partial charge in [-0.25, -0.2) is 4.39 Å². The molecule has 154 valence electrons. The van der Waals surface area contributed by atoms with Crippen molar-refractivity contribution in [2.24, 2.45) is 0 Å². The lowest BCUT2D eigenvalue weighted by Gasteiger charge is -2.45. The third kappa shape index (κ3) is 4.32. The molecule has 4 rings (SSSR count). The first kappa shape index (κ1) is 20.3. The zero-order chi connectivity index (χ0) is 20.6. The first-order valence-corrected chi connectivity index (χ1v) is 11.4. The smallest absolute Gasteiger partial charge is 0.123 e. The third-order valence-corrected chi connectivity index (χ3v) is 7.31. The Morgan fingerprint density at radius 3 is 2.59 bits per heavy atom. The second-order valence-corrected chi connectivity index (χ2v) is 10.2. The molecule has 0 aromatic heterocycles. The summed E-state index contributed by atoms with van der Waals surface area (Å²) in [5.41, 5.74) is 4.50. The van der Waals surface area contributed by atoms with Crippen molar-refractivity contribution in [3.63, 3.8) is 0 Å². The molecular formula is C25H30FNOS. The summed E-state index contributed by atoms with van der Waals surface area (Å²) >= 11 is 1.91. The van der Waals surface area contributed by atoms with E-state index in [2.05, 4.69) is 50.4 Å². The molecule has 1 fully saturated rings. The van der Waals surface area contributed by atoms with Gasteiger partial charge in [-0.1, -0.05) is 26.5 Å². The Balaban J connectivity index is 1.41. The van der Waals surface area contributed by atoms with Gasteiger partial charge in [0.25, 0.3) is 0 Å². The number of piperidine rings is 1. The fourth-order valence-corrected chi connectivity index (χ4v) is 5.32. The summed E-state index contributed by atoms with van der Waals surface area (Å²) in [7, 11) is 0. The van der Waals surface area contributed by atoms with Crippen LogP contribution in [0.15, 0.2) is 47.9 Å². The Kier molecular flexibility index (Phi) is 5.65. The molecule has 2 aromatic rings. The Morgan fingerprint density at radius 1 is 1.14 bits per heavy atom. The van der Waals surface area contributed by atoms with Crippen LogP contribution in [0.3, 0.4) is 0 Å². The minimum absolute atomic E-state index is 0.116. The molecule has 1 saturated heterocycles. The lowest BCUT2D eigenvalue weighted by molar-refractivity contribution is -0.00255. The Labute approximate surface area is 178 Å². The van der Waals surface area contributed by atoms with Crippen LogP contribution in [0.4, 0.5) is 4.39 Å². The molecule has 1 spiro atoms. The summed E-state index contributed by atoms with van der Waals surface area (Å²) in [5.74, 6) is 0.682. The Morgan fingerprint density at radius 2 is 1.90 bits per heavy atom. The number of ether oxygens (including phenoxy) is 1. The van der Waals surface area contributed by atoms with Crippen molar-refractivity contribution in [3.05, 3.63) is 65.5 Å². The molecule has 2 aliphatic rings. The molecule has 0 amide bonds. The van der Waals surface area contributed by atoms with Crippen molar-refractivity contribution in [3.8, 4) is 5.75 Å². The van der Waals surface area contributed by atoms with Gasteiger partial charge in [-0.2, -0.15) is 0 Å². The summed E-state index contributed by atoms with van der Waals surface area (Å²) < 4.78 is 19.9. The highest BCUT2D eigenvalue weighted by molar-refractivity contribution is 8.00. The minimum Gasteiger partial charge on any atom is -0.487 e. The van der Waals surface area contributed by atoms with Crippen molar-refractivity contribution in [2.45, 2.75) is 62.2 Å². The highest BCUT2D eigenvalue weighted by Crippen LogP contribution is 2.40. The molecule has 2 aliphatic heterocycles. The van der Waals surface area contributed by atoms with Crippen molar-refractivity contribution < 1.29 is 9.13 Å². The molecule has 0 N–H and O–H groups in total. The maximum absolute atomic E-state index is 13.5. The predicted octanol–water partition coefficient (Wildman–Crippen LogP) is 6.47. The number of fused-ring (bicyclic) bond motifs is 1. The number of aryl methyl sites for hydroxylation is 2. The summed E-state index contributed by atoms with van der Waals surface area (Å²) in [6, 6.07) is 11.6. The van der Waals surface area contributed by atoms with E-state index in [9.17, 15) is 4.39 Å². The topological polar surface area (TPSA) is 12.5 Å². The molecule has 0 atom stereocenters. The van der Waals surface area contributed by atoms with Gasteiger partial charge in [0.2, 0.25) is 0 Å². The average Bonchev–Trinajstić information content (AvgIpc) is 2.70. The van der Waals surface area contributed by atoms with Gasteiger partial charge in [-0.05, 0) is 66.8 Å². The standard InChI is InChI=1S/C25H30FNOS/c1-17(2)29-24-8-5-20(15-18(24)3)19(4)27-13-11-25(12-14-27)10-9-21-16-22(26)6-7-23(21)28-25/h5-8,15-17H,4,9-14H2,1-3H3. The zero-order valence-electron chi connectivity index (χ0n) is 17.6. The molecule has 0 aliphatic carbocycles. The van der Waals surface area contributed by atoms with Gasteiger partial charge in [0, 0.05) is 41.8 Å². The number of halogens is 1. The maximum Gasteiger partial charge on any atom is 0.123 e. The van der Waals surface area contributed by atoms with Crippen molar-refractivity contribution in [2.75, 3.05) is 13.1 Å². The number of hydrogen-bond donors (Lipinski definition) is 0. The van der Waals surface area contributed by atoms with Crippen LogP contribution in [0.2, 0.25) is 0 Å². The van der Waals surface area contributed by atoms with E-state index in [1.807, 2.05) is 11.8 Å². The fourth-order valence-electron chi connectivity index (χ4n) is 4.42. The number of nitrogens with zero attached hydrogens (tertiary/aromatic N) is 1. The predicted molar refractivity (Wildman–Crippen MR) is 120 cm³/mol. The molecule has 29 heavy (non-hydrogen) atoms. The van der Waals surface area contributed by atoms with E-state index in [0.717, 1.165) is 55.8 Å². The van der Waals surface area contributed by atoms with E-state index >= 15 is 0 Å². The molecular weight excluding hydrogens is 381 g/mol. The van der Waals surface area contributed by atoms with Gasteiger partial charge >= 0.3 is 0 Å². The maximum atomic E-state index is 13.5. The monoisotopic (exact) mass is 411 g/mol. The van der Waals surface area contributed by atoms with Crippen molar-refractivity contribution in [1.82, 2.24) is 4.90 Å². The van der Waals surface area contributed by atoms with Gasteiger partial charge in [0.1, 0.15) is 17.2 Å². The van der Waals surface area contributed by atoms with Crippen LogP contribution in [0.5, 0.6) is 5.75 Å². The van der Waals surface area contributed by atoms with Gasteiger partial charge in [-0.15, -0.1) is 11.8 Å². The number of rotatable bonds is 4. The number of hydrogen-bond acceptors (Lipinski definition) is 3. The lowest BCUT2D eigenvalue weighted by atomic mass is 9.83. The largest absolute Gasteiger partial charge is 0.487 e. The van der Waals surface area contributed by atoms with Crippen LogP contribution in [0, 0.1) is 12.7 Å². The van der Waals surface area contributed by atoms with Crippen LogP contribution < -0.4 is 4.74 Å². The molecule has 0 bridgehead atoms. The van der Waals surface area contributed by atoms with Crippen LogP contribution >= 0.6 is 11.8 Å². The summed E-state index contributed by atoms with van der Waals surface area (Å²) in [6.45, 7) is 12.9. The van der Waals surface area contributed by atoms with Crippen molar-refractivity contribution >= 4 is 17.5 Å². The molecule has 4 heteroatoms. The first-order valence-electron chi connectivity index (χ1n) is 10.5. The van der Waals surface area contributed by atoms with Crippen molar-refractivity contribution in [1.29, 1.82) is 0 Å². The minimum atomic E-state index is -0.178. The van der Waals surface area contributed by atoms with E-state index in [1.165, 1.54) is 22.1 Å². The van der Waals surface area contributed by atoms with Crippen LogP contribution in [-0.4, -0.2) is 28.8 Å². The Hall–Kier alpha value is -1.94. The summed E-state index contributed by atoms with van der Waals surface area (Å²) in [4.78, 5) is 3.73. The zero-order valence-corrected chi connectivity index (χ0v) is 18.4. The highest BCUT2D eigenvalue weighted by Gasteiger charge is 2.39. The normalized spacial score (nSPS) is 17.9. The second-order valence-electron chi connectivity index (χ2n) is 8.62. The van der Waals surface area contributed by atoms with Gasteiger partial charge in [-0.3, -0.25) is 0 Å². The van der Waals surface area contributed by atoms with Crippen LogP contribution in [0.25, 0.3) is 5.70 Å². The SMILES string of the molecule is C=C(c1ccc(SC(C)C)c(C)c1)N1CCC2(CCc3cc(F)ccc3O2)CC1. The molecule has 2 heterocycles. The second kappa shape index (κ2) is 8.06. The molecule has 0 saturated carbocycles. The molecule has 2 nitrogen and oxygen atoms in total.